The van der Waals surface area contributed by atoms with Gasteiger partial charge in [0, 0.05) is 13.1 Å². The number of rotatable bonds is 3. The van der Waals surface area contributed by atoms with Crippen LogP contribution in [0.5, 0.6) is 0 Å². The summed E-state index contributed by atoms with van der Waals surface area (Å²) in [6, 6.07) is 0.0697. The van der Waals surface area contributed by atoms with E-state index in [1.807, 2.05) is 18.8 Å². The molecular weight excluding hydrogens is 208 g/mol. The van der Waals surface area contributed by atoms with Crippen molar-refractivity contribution in [2.45, 2.75) is 25.3 Å². The van der Waals surface area contributed by atoms with Gasteiger partial charge in [0.2, 0.25) is 5.91 Å². The number of carbonyl (C=O) groups excluding carboxylic acids is 1. The van der Waals surface area contributed by atoms with Crippen molar-refractivity contribution in [2.75, 3.05) is 31.6 Å². The van der Waals surface area contributed by atoms with Crippen LogP contribution in [0.25, 0.3) is 0 Å². The third-order valence-corrected chi connectivity index (χ3v) is 4.73. The van der Waals surface area contributed by atoms with Gasteiger partial charge in [-0.15, -0.1) is 0 Å². The molecule has 1 N–H and O–H groups in total. The SMILES string of the molecule is CNC1CCCCN(CC2CSC2)C1=O. The van der Waals surface area contributed by atoms with Gasteiger partial charge in [0.1, 0.15) is 0 Å². The number of carbonyl (C=O) groups is 1. The lowest BCUT2D eigenvalue weighted by atomic mass is 10.1. The molecule has 3 nitrogen and oxygen atoms in total. The molecule has 2 heterocycles. The Morgan fingerprint density at radius 1 is 1.47 bits per heavy atom. The molecular formula is C11H20N2OS. The average molecular weight is 228 g/mol. The van der Waals surface area contributed by atoms with Gasteiger partial charge < -0.3 is 10.2 Å². The van der Waals surface area contributed by atoms with Crippen LogP contribution < -0.4 is 5.32 Å². The smallest absolute Gasteiger partial charge is 0.239 e. The van der Waals surface area contributed by atoms with Crippen LogP contribution in [0.2, 0.25) is 0 Å². The monoisotopic (exact) mass is 228 g/mol. The summed E-state index contributed by atoms with van der Waals surface area (Å²) in [5.41, 5.74) is 0. The predicted molar refractivity (Wildman–Crippen MR) is 64.1 cm³/mol. The Hall–Kier alpha value is -0.220. The minimum atomic E-state index is 0.0697. The minimum absolute atomic E-state index is 0.0697. The lowest BCUT2D eigenvalue weighted by Crippen LogP contribution is -2.47. The molecule has 0 aromatic carbocycles. The highest BCUT2D eigenvalue weighted by Gasteiger charge is 2.29. The molecule has 0 aromatic rings. The summed E-state index contributed by atoms with van der Waals surface area (Å²) < 4.78 is 0. The van der Waals surface area contributed by atoms with Gasteiger partial charge in [-0.05, 0) is 43.7 Å². The van der Waals surface area contributed by atoms with Gasteiger partial charge in [0.05, 0.1) is 6.04 Å². The van der Waals surface area contributed by atoms with E-state index in [0.717, 1.165) is 25.4 Å². The number of thioether (sulfide) groups is 1. The third kappa shape index (κ3) is 2.67. The lowest BCUT2D eigenvalue weighted by Gasteiger charge is -2.32. The van der Waals surface area contributed by atoms with Crippen LogP contribution in [-0.4, -0.2) is 48.5 Å². The molecule has 0 saturated carbocycles. The van der Waals surface area contributed by atoms with Crippen LogP contribution in [0.15, 0.2) is 0 Å². The van der Waals surface area contributed by atoms with Crippen LogP contribution >= 0.6 is 11.8 Å². The molecule has 2 fully saturated rings. The van der Waals surface area contributed by atoms with E-state index in [1.165, 1.54) is 24.3 Å². The number of amides is 1. The predicted octanol–water partition coefficient (Wildman–Crippen LogP) is 0.950. The first kappa shape index (κ1) is 11.3. The van der Waals surface area contributed by atoms with Crippen LogP contribution in [0.1, 0.15) is 19.3 Å². The van der Waals surface area contributed by atoms with Gasteiger partial charge in [-0.25, -0.2) is 0 Å². The summed E-state index contributed by atoms with van der Waals surface area (Å²) in [5.74, 6) is 3.57. The highest BCUT2D eigenvalue weighted by atomic mass is 32.2. The maximum absolute atomic E-state index is 12.1. The highest BCUT2D eigenvalue weighted by Crippen LogP contribution is 2.26. The first-order valence-corrected chi connectivity index (χ1v) is 7.00. The van der Waals surface area contributed by atoms with E-state index in [0.29, 0.717) is 5.91 Å². The maximum atomic E-state index is 12.1. The maximum Gasteiger partial charge on any atom is 0.239 e. The van der Waals surface area contributed by atoms with Crippen LogP contribution in [0, 0.1) is 5.92 Å². The molecule has 1 atom stereocenters. The summed E-state index contributed by atoms with van der Waals surface area (Å²) >= 11 is 1.99. The third-order valence-electron chi connectivity index (χ3n) is 3.31. The average Bonchev–Trinajstić information content (AvgIpc) is 2.35. The van der Waals surface area contributed by atoms with E-state index in [2.05, 4.69) is 10.2 Å². The van der Waals surface area contributed by atoms with Gasteiger partial charge >= 0.3 is 0 Å². The van der Waals surface area contributed by atoms with E-state index >= 15 is 0 Å². The zero-order chi connectivity index (χ0) is 10.7. The summed E-state index contributed by atoms with van der Waals surface area (Å²) in [5, 5.41) is 3.14. The van der Waals surface area contributed by atoms with Crippen molar-refractivity contribution in [3.8, 4) is 0 Å². The summed E-state index contributed by atoms with van der Waals surface area (Å²) in [7, 11) is 1.89. The normalized spacial score (nSPS) is 28.7. The van der Waals surface area contributed by atoms with E-state index in [4.69, 9.17) is 0 Å². The molecule has 4 heteroatoms. The Morgan fingerprint density at radius 3 is 2.87 bits per heavy atom. The number of hydrogen-bond donors (Lipinski definition) is 1. The second-order valence-electron chi connectivity index (χ2n) is 4.52. The van der Waals surface area contributed by atoms with Crippen molar-refractivity contribution in [1.82, 2.24) is 10.2 Å². The Bertz CT molecular complexity index is 231. The summed E-state index contributed by atoms with van der Waals surface area (Å²) in [6.07, 6.45) is 3.35. The van der Waals surface area contributed by atoms with E-state index in [1.54, 1.807) is 0 Å². The van der Waals surface area contributed by atoms with Crippen molar-refractivity contribution in [2.24, 2.45) is 5.92 Å². The molecule has 1 amide bonds. The van der Waals surface area contributed by atoms with Crippen LogP contribution in [-0.2, 0) is 4.79 Å². The molecule has 2 saturated heterocycles. The molecule has 2 aliphatic rings. The van der Waals surface area contributed by atoms with Crippen molar-refractivity contribution in [1.29, 1.82) is 0 Å². The molecule has 86 valence electrons. The summed E-state index contributed by atoms with van der Waals surface area (Å²) in [4.78, 5) is 14.2. The van der Waals surface area contributed by atoms with E-state index in [9.17, 15) is 4.79 Å². The second kappa shape index (κ2) is 5.21. The van der Waals surface area contributed by atoms with Crippen molar-refractivity contribution in [3.05, 3.63) is 0 Å². The van der Waals surface area contributed by atoms with Crippen molar-refractivity contribution < 1.29 is 4.79 Å². The number of nitrogens with zero attached hydrogens (tertiary/aromatic N) is 1. The topological polar surface area (TPSA) is 32.3 Å². The Kier molecular flexibility index (Phi) is 3.92. The zero-order valence-corrected chi connectivity index (χ0v) is 10.2. The number of likely N-dealkylation sites (N-methyl/N-ethyl adjacent to an activating group) is 1. The summed E-state index contributed by atoms with van der Waals surface area (Å²) in [6.45, 7) is 1.96. The molecule has 0 bridgehead atoms. The van der Waals surface area contributed by atoms with E-state index < -0.39 is 0 Å². The number of nitrogens with one attached hydrogen (secondary N) is 1. The molecule has 0 spiro atoms. The molecule has 0 aliphatic carbocycles. The van der Waals surface area contributed by atoms with Gasteiger partial charge in [0.15, 0.2) is 0 Å². The van der Waals surface area contributed by atoms with Crippen molar-refractivity contribution in [3.63, 3.8) is 0 Å². The van der Waals surface area contributed by atoms with Gasteiger partial charge in [-0.3, -0.25) is 4.79 Å². The minimum Gasteiger partial charge on any atom is -0.341 e. The highest BCUT2D eigenvalue weighted by molar-refractivity contribution is 8.00. The quantitative estimate of drug-likeness (QED) is 0.780. The fourth-order valence-electron chi connectivity index (χ4n) is 2.26. The molecule has 0 aromatic heterocycles. The Balaban J connectivity index is 1.91. The van der Waals surface area contributed by atoms with Crippen LogP contribution in [0.4, 0.5) is 0 Å². The largest absolute Gasteiger partial charge is 0.341 e. The first-order valence-electron chi connectivity index (χ1n) is 5.85. The molecule has 1 unspecified atom stereocenters. The van der Waals surface area contributed by atoms with Gasteiger partial charge in [-0.1, -0.05) is 0 Å². The zero-order valence-electron chi connectivity index (χ0n) is 9.37. The lowest BCUT2D eigenvalue weighted by molar-refractivity contribution is -0.133. The van der Waals surface area contributed by atoms with E-state index in [-0.39, 0.29) is 6.04 Å². The second-order valence-corrected chi connectivity index (χ2v) is 5.60. The number of hydrogen-bond acceptors (Lipinski definition) is 3. The standard InChI is InChI=1S/C11H20N2OS/c1-12-10-4-2-3-5-13(11(10)14)6-9-7-15-8-9/h9-10,12H,2-8H2,1H3. The van der Waals surface area contributed by atoms with Gasteiger partial charge in [0.25, 0.3) is 0 Å². The molecule has 15 heavy (non-hydrogen) atoms. The van der Waals surface area contributed by atoms with Gasteiger partial charge in [-0.2, -0.15) is 11.8 Å². The molecule has 2 rings (SSSR count). The fraction of sp³-hybridized carbons (Fsp3) is 0.909. The molecule has 2 aliphatic heterocycles. The molecule has 0 radical (unpaired) electrons. The van der Waals surface area contributed by atoms with Crippen molar-refractivity contribution >= 4 is 17.7 Å². The Morgan fingerprint density at radius 2 is 2.27 bits per heavy atom. The Labute approximate surface area is 96.0 Å². The van der Waals surface area contributed by atoms with Crippen LogP contribution in [0.3, 0.4) is 0 Å². The fourth-order valence-corrected chi connectivity index (χ4v) is 3.04. The number of likely N-dealkylation sites (tertiary alicyclic amines) is 1. The first-order chi connectivity index (χ1) is 7.31.